The van der Waals surface area contributed by atoms with E-state index in [1.54, 1.807) is 4.90 Å². The van der Waals surface area contributed by atoms with Crippen molar-refractivity contribution in [2.45, 2.75) is 26.2 Å². The molecule has 17 heavy (non-hydrogen) atoms. The Balaban J connectivity index is 1.74. The van der Waals surface area contributed by atoms with Crippen molar-refractivity contribution in [3.05, 3.63) is 29.8 Å². The number of anilines is 1. The molecule has 3 heteroatoms. The molecule has 0 aromatic heterocycles. The van der Waals surface area contributed by atoms with Crippen LogP contribution < -0.4 is 10.2 Å². The molecule has 1 aromatic rings. The first-order valence-corrected chi connectivity index (χ1v) is 6.44. The van der Waals surface area contributed by atoms with Gasteiger partial charge in [-0.1, -0.05) is 17.7 Å². The summed E-state index contributed by atoms with van der Waals surface area (Å²) >= 11 is 0. The van der Waals surface area contributed by atoms with Crippen LogP contribution in [0, 0.1) is 6.92 Å². The maximum absolute atomic E-state index is 11.7. The maximum Gasteiger partial charge on any atom is 0.230 e. The van der Waals surface area contributed by atoms with Gasteiger partial charge in [0.25, 0.3) is 0 Å². The summed E-state index contributed by atoms with van der Waals surface area (Å²) in [6, 6.07) is 7.94. The van der Waals surface area contributed by atoms with Crippen molar-refractivity contribution in [1.82, 2.24) is 0 Å². The molecule has 0 saturated carbocycles. The number of amides is 1. The molecule has 1 aliphatic heterocycles. The highest BCUT2D eigenvalue weighted by molar-refractivity contribution is 5.90. The zero-order valence-corrected chi connectivity index (χ0v) is 10.5. The van der Waals surface area contributed by atoms with E-state index in [9.17, 15) is 4.79 Å². The van der Waals surface area contributed by atoms with E-state index in [4.69, 9.17) is 0 Å². The van der Waals surface area contributed by atoms with Gasteiger partial charge in [-0.3, -0.25) is 4.79 Å². The first kappa shape index (κ1) is 12.1. The third kappa shape index (κ3) is 3.86. The Kier molecular flexibility index (Phi) is 4.15. The number of aryl methyl sites for hydroxylation is 1. The standard InChI is InChI=1S/C14H20N2O/c1-12-4-6-13(7-5-12)15-14(17)8-11-16-9-2-3-10-16/h4-7H,2-3,8-11H2,1H3,(H,15,17)/p+1. The highest BCUT2D eigenvalue weighted by atomic mass is 16.1. The lowest BCUT2D eigenvalue weighted by Crippen LogP contribution is -3.10. The molecule has 3 nitrogen and oxygen atoms in total. The fourth-order valence-electron chi connectivity index (χ4n) is 2.28. The molecule has 0 unspecified atom stereocenters. The average molecular weight is 233 g/mol. The topological polar surface area (TPSA) is 33.5 Å². The van der Waals surface area contributed by atoms with Crippen LogP contribution in [0.15, 0.2) is 24.3 Å². The number of hydrogen-bond donors (Lipinski definition) is 2. The highest BCUT2D eigenvalue weighted by Crippen LogP contribution is 2.08. The number of nitrogens with one attached hydrogen (secondary N) is 2. The second-order valence-electron chi connectivity index (χ2n) is 4.87. The Labute approximate surface area is 103 Å². The van der Waals surface area contributed by atoms with Crippen LogP contribution in [0.4, 0.5) is 5.69 Å². The molecule has 92 valence electrons. The van der Waals surface area contributed by atoms with Gasteiger partial charge in [0.1, 0.15) is 0 Å². The van der Waals surface area contributed by atoms with Crippen molar-refractivity contribution in [1.29, 1.82) is 0 Å². The quantitative estimate of drug-likeness (QED) is 0.799. The average Bonchev–Trinajstić information content (AvgIpc) is 2.83. The SMILES string of the molecule is Cc1ccc(NC(=O)CC[NH+]2CCCC2)cc1. The predicted octanol–water partition coefficient (Wildman–Crippen LogP) is 1.00. The third-order valence-corrected chi connectivity index (χ3v) is 3.35. The van der Waals surface area contributed by atoms with E-state index in [-0.39, 0.29) is 5.91 Å². The number of likely N-dealkylation sites (tertiary alicyclic amines) is 1. The van der Waals surface area contributed by atoms with Crippen LogP contribution in [-0.4, -0.2) is 25.5 Å². The Morgan fingerprint density at radius 1 is 1.24 bits per heavy atom. The summed E-state index contributed by atoms with van der Waals surface area (Å²) in [6.07, 6.45) is 3.26. The Hall–Kier alpha value is -1.35. The zero-order valence-electron chi connectivity index (χ0n) is 10.5. The van der Waals surface area contributed by atoms with E-state index in [1.165, 1.54) is 31.5 Å². The molecular weight excluding hydrogens is 212 g/mol. The molecule has 0 aliphatic carbocycles. The molecular formula is C14H21N2O+. The molecule has 0 atom stereocenters. The van der Waals surface area contributed by atoms with Crippen LogP contribution in [0.3, 0.4) is 0 Å². The van der Waals surface area contributed by atoms with Gasteiger partial charge in [-0.2, -0.15) is 0 Å². The lowest BCUT2D eigenvalue weighted by Gasteiger charge is -2.11. The summed E-state index contributed by atoms with van der Waals surface area (Å²) in [5.74, 6) is 0.133. The molecule has 1 saturated heterocycles. The van der Waals surface area contributed by atoms with E-state index in [2.05, 4.69) is 5.32 Å². The number of carbonyl (C=O) groups excluding carboxylic acids is 1. The summed E-state index contributed by atoms with van der Waals surface area (Å²) in [5, 5.41) is 2.94. The fraction of sp³-hybridized carbons (Fsp3) is 0.500. The molecule has 1 heterocycles. The summed E-state index contributed by atoms with van der Waals surface area (Å²) in [6.45, 7) is 5.48. The van der Waals surface area contributed by atoms with Crippen LogP contribution in [0.1, 0.15) is 24.8 Å². The number of carbonyl (C=O) groups is 1. The van der Waals surface area contributed by atoms with Gasteiger partial charge in [0, 0.05) is 18.5 Å². The van der Waals surface area contributed by atoms with E-state index >= 15 is 0 Å². The summed E-state index contributed by atoms with van der Waals surface area (Å²) in [5.41, 5.74) is 2.11. The lowest BCUT2D eigenvalue weighted by molar-refractivity contribution is -0.886. The van der Waals surface area contributed by atoms with Gasteiger partial charge in [0.2, 0.25) is 5.91 Å². The predicted molar refractivity (Wildman–Crippen MR) is 69.2 cm³/mol. The maximum atomic E-state index is 11.7. The van der Waals surface area contributed by atoms with Crippen molar-refractivity contribution >= 4 is 11.6 Å². The number of rotatable bonds is 4. The largest absolute Gasteiger partial charge is 0.334 e. The van der Waals surface area contributed by atoms with Crippen molar-refractivity contribution in [3.63, 3.8) is 0 Å². The summed E-state index contributed by atoms with van der Waals surface area (Å²) < 4.78 is 0. The van der Waals surface area contributed by atoms with Gasteiger partial charge in [-0.25, -0.2) is 0 Å². The zero-order chi connectivity index (χ0) is 12.1. The van der Waals surface area contributed by atoms with Crippen LogP contribution in [-0.2, 0) is 4.79 Å². The number of benzene rings is 1. The van der Waals surface area contributed by atoms with Crippen molar-refractivity contribution in [2.24, 2.45) is 0 Å². The molecule has 0 radical (unpaired) electrons. The van der Waals surface area contributed by atoms with Crippen LogP contribution >= 0.6 is 0 Å². The molecule has 1 amide bonds. The normalized spacial score (nSPS) is 16.1. The van der Waals surface area contributed by atoms with E-state index < -0.39 is 0 Å². The second-order valence-corrected chi connectivity index (χ2v) is 4.87. The Morgan fingerprint density at radius 2 is 1.88 bits per heavy atom. The molecule has 1 aliphatic rings. The molecule has 0 spiro atoms. The third-order valence-electron chi connectivity index (χ3n) is 3.35. The van der Waals surface area contributed by atoms with Gasteiger partial charge in [0.15, 0.2) is 0 Å². The molecule has 0 bridgehead atoms. The first-order valence-electron chi connectivity index (χ1n) is 6.44. The van der Waals surface area contributed by atoms with E-state index in [0.717, 1.165) is 12.2 Å². The molecule has 2 N–H and O–H groups in total. The van der Waals surface area contributed by atoms with Gasteiger partial charge in [-0.15, -0.1) is 0 Å². The fourth-order valence-corrected chi connectivity index (χ4v) is 2.28. The van der Waals surface area contributed by atoms with Crippen molar-refractivity contribution < 1.29 is 9.69 Å². The van der Waals surface area contributed by atoms with E-state index in [0.29, 0.717) is 6.42 Å². The smallest absolute Gasteiger partial charge is 0.230 e. The van der Waals surface area contributed by atoms with Crippen molar-refractivity contribution in [3.8, 4) is 0 Å². The van der Waals surface area contributed by atoms with Gasteiger partial charge >= 0.3 is 0 Å². The van der Waals surface area contributed by atoms with Crippen LogP contribution in [0.2, 0.25) is 0 Å². The summed E-state index contributed by atoms with van der Waals surface area (Å²) in [7, 11) is 0. The van der Waals surface area contributed by atoms with Gasteiger partial charge in [0.05, 0.1) is 26.1 Å². The lowest BCUT2D eigenvalue weighted by atomic mass is 10.2. The van der Waals surface area contributed by atoms with E-state index in [1.807, 2.05) is 31.2 Å². The van der Waals surface area contributed by atoms with Gasteiger partial charge < -0.3 is 10.2 Å². The van der Waals surface area contributed by atoms with Crippen LogP contribution in [0.5, 0.6) is 0 Å². The first-order chi connectivity index (χ1) is 8.24. The Morgan fingerprint density at radius 3 is 2.53 bits per heavy atom. The minimum Gasteiger partial charge on any atom is -0.334 e. The molecule has 1 aromatic carbocycles. The minimum absolute atomic E-state index is 0.133. The number of quaternary nitrogens is 1. The molecule has 2 rings (SSSR count). The minimum atomic E-state index is 0.133. The molecule has 1 fully saturated rings. The second kappa shape index (κ2) is 5.82. The van der Waals surface area contributed by atoms with Crippen molar-refractivity contribution in [2.75, 3.05) is 25.0 Å². The van der Waals surface area contributed by atoms with Gasteiger partial charge in [-0.05, 0) is 19.1 Å². The number of hydrogen-bond acceptors (Lipinski definition) is 1. The highest BCUT2D eigenvalue weighted by Gasteiger charge is 2.16. The Bertz CT molecular complexity index is 366. The summed E-state index contributed by atoms with van der Waals surface area (Å²) in [4.78, 5) is 13.3. The monoisotopic (exact) mass is 233 g/mol. The van der Waals surface area contributed by atoms with Crippen LogP contribution in [0.25, 0.3) is 0 Å².